The summed E-state index contributed by atoms with van der Waals surface area (Å²) in [6.07, 6.45) is 3.94. The lowest BCUT2D eigenvalue weighted by Crippen LogP contribution is -2.52. The van der Waals surface area contributed by atoms with Gasteiger partial charge in [0.1, 0.15) is 12.6 Å². The fourth-order valence-corrected chi connectivity index (χ4v) is 6.71. The Hall–Kier alpha value is -2.88. The van der Waals surface area contributed by atoms with Gasteiger partial charge in [0, 0.05) is 22.1 Å². The van der Waals surface area contributed by atoms with Crippen LogP contribution in [-0.4, -0.2) is 43.8 Å². The molecule has 39 heavy (non-hydrogen) atoms. The van der Waals surface area contributed by atoms with Crippen molar-refractivity contribution in [2.75, 3.05) is 10.8 Å². The van der Waals surface area contributed by atoms with E-state index in [0.717, 1.165) is 35.6 Å². The van der Waals surface area contributed by atoms with Gasteiger partial charge in [0.25, 0.3) is 10.0 Å². The van der Waals surface area contributed by atoms with Gasteiger partial charge in [0.15, 0.2) is 0 Å². The van der Waals surface area contributed by atoms with Crippen molar-refractivity contribution in [3.8, 4) is 0 Å². The second-order valence-corrected chi connectivity index (χ2v) is 12.8. The van der Waals surface area contributed by atoms with Gasteiger partial charge >= 0.3 is 0 Å². The third-order valence-corrected chi connectivity index (χ3v) is 9.33. The standard InChI is InChI=1S/C29H31BrClN3O4S/c1-21(29(36)32-25-12-5-6-13-25)33(19-22-9-7-11-24(31)17-22)28(35)20-34(26-14-8-10-23(30)18-26)39(37,38)27-15-3-2-4-16-27/h2-4,7-11,14-18,21,25H,5-6,12-13,19-20H2,1H3,(H,32,36). The summed E-state index contributed by atoms with van der Waals surface area (Å²) in [5.41, 5.74) is 1.06. The molecule has 10 heteroatoms. The molecule has 0 saturated heterocycles. The molecule has 1 unspecified atom stereocenters. The fourth-order valence-electron chi connectivity index (χ4n) is 4.69. The van der Waals surface area contributed by atoms with E-state index in [-0.39, 0.29) is 23.4 Å². The molecule has 3 aromatic rings. The highest BCUT2D eigenvalue weighted by Gasteiger charge is 2.33. The zero-order valence-electron chi connectivity index (χ0n) is 21.6. The SMILES string of the molecule is CC(C(=O)NC1CCCC1)N(Cc1cccc(Cl)c1)C(=O)CN(c1cccc(Br)c1)S(=O)(=O)c1ccccc1. The summed E-state index contributed by atoms with van der Waals surface area (Å²) in [6, 6.07) is 21.1. The number of nitrogens with zero attached hydrogens (tertiary/aromatic N) is 2. The van der Waals surface area contributed by atoms with Crippen LogP contribution in [-0.2, 0) is 26.2 Å². The minimum absolute atomic E-state index is 0.0613. The molecule has 206 valence electrons. The van der Waals surface area contributed by atoms with Crippen molar-refractivity contribution in [2.24, 2.45) is 0 Å². The third-order valence-electron chi connectivity index (χ3n) is 6.82. The largest absolute Gasteiger partial charge is 0.352 e. The summed E-state index contributed by atoms with van der Waals surface area (Å²) < 4.78 is 29.3. The van der Waals surface area contributed by atoms with Crippen molar-refractivity contribution in [1.29, 1.82) is 0 Å². The number of sulfonamides is 1. The Morgan fingerprint density at radius 1 is 1.00 bits per heavy atom. The normalized spacial score (nSPS) is 14.5. The maximum atomic E-state index is 14.0. The number of hydrogen-bond donors (Lipinski definition) is 1. The van der Waals surface area contributed by atoms with Crippen LogP contribution in [0.15, 0.2) is 88.2 Å². The van der Waals surface area contributed by atoms with Crippen molar-refractivity contribution in [2.45, 2.75) is 56.1 Å². The van der Waals surface area contributed by atoms with Crippen LogP contribution in [0.5, 0.6) is 0 Å². The third kappa shape index (κ3) is 7.41. The predicted molar refractivity (Wildman–Crippen MR) is 157 cm³/mol. The number of benzene rings is 3. The monoisotopic (exact) mass is 631 g/mol. The quantitative estimate of drug-likeness (QED) is 0.307. The van der Waals surface area contributed by atoms with Gasteiger partial charge in [-0.05, 0) is 67.8 Å². The Morgan fingerprint density at radius 3 is 2.36 bits per heavy atom. The molecule has 0 aromatic heterocycles. The van der Waals surface area contributed by atoms with Crippen molar-refractivity contribution < 1.29 is 18.0 Å². The lowest BCUT2D eigenvalue weighted by Gasteiger charge is -2.32. The van der Waals surface area contributed by atoms with Crippen LogP contribution in [0.2, 0.25) is 5.02 Å². The molecule has 1 atom stereocenters. The first-order chi connectivity index (χ1) is 18.6. The topological polar surface area (TPSA) is 86.8 Å². The van der Waals surface area contributed by atoms with Gasteiger partial charge in [-0.1, -0.05) is 76.8 Å². The maximum Gasteiger partial charge on any atom is 0.264 e. The molecule has 1 saturated carbocycles. The van der Waals surface area contributed by atoms with Gasteiger partial charge < -0.3 is 10.2 Å². The van der Waals surface area contributed by atoms with Crippen LogP contribution in [0.1, 0.15) is 38.2 Å². The molecule has 3 aromatic carbocycles. The lowest BCUT2D eigenvalue weighted by molar-refractivity contribution is -0.139. The zero-order valence-corrected chi connectivity index (χ0v) is 24.8. The summed E-state index contributed by atoms with van der Waals surface area (Å²) in [7, 11) is -4.10. The Bertz CT molecular complexity index is 1410. The molecule has 0 spiro atoms. The number of amides is 2. The van der Waals surface area contributed by atoms with E-state index in [0.29, 0.717) is 15.2 Å². The average molecular weight is 633 g/mol. The highest BCUT2D eigenvalue weighted by atomic mass is 79.9. The van der Waals surface area contributed by atoms with Crippen molar-refractivity contribution in [1.82, 2.24) is 10.2 Å². The number of hydrogen-bond acceptors (Lipinski definition) is 4. The van der Waals surface area contributed by atoms with E-state index in [9.17, 15) is 18.0 Å². The number of halogens is 2. The molecular formula is C29H31BrClN3O4S. The molecule has 1 N–H and O–H groups in total. The average Bonchev–Trinajstić information content (AvgIpc) is 3.43. The minimum Gasteiger partial charge on any atom is -0.352 e. The van der Waals surface area contributed by atoms with E-state index < -0.39 is 28.5 Å². The first-order valence-corrected chi connectivity index (χ1v) is 15.4. The summed E-state index contributed by atoms with van der Waals surface area (Å²) in [5.74, 6) is -0.777. The van der Waals surface area contributed by atoms with Gasteiger partial charge in [-0.25, -0.2) is 8.42 Å². The molecule has 0 aliphatic heterocycles. The van der Waals surface area contributed by atoms with Crippen molar-refractivity contribution in [3.63, 3.8) is 0 Å². The summed E-state index contributed by atoms with van der Waals surface area (Å²) in [4.78, 5) is 28.7. The summed E-state index contributed by atoms with van der Waals surface area (Å²) in [5, 5.41) is 3.57. The number of carbonyl (C=O) groups is 2. The summed E-state index contributed by atoms with van der Waals surface area (Å²) >= 11 is 9.60. The minimum atomic E-state index is -4.10. The molecule has 1 fully saturated rings. The van der Waals surface area contributed by atoms with Gasteiger partial charge in [-0.2, -0.15) is 0 Å². The fraction of sp³-hybridized carbons (Fsp3) is 0.310. The van der Waals surface area contributed by atoms with Crippen molar-refractivity contribution >= 4 is 55.1 Å². The molecule has 1 aliphatic carbocycles. The predicted octanol–water partition coefficient (Wildman–Crippen LogP) is 5.77. The molecule has 7 nitrogen and oxygen atoms in total. The van der Waals surface area contributed by atoms with Crippen LogP contribution in [0.25, 0.3) is 0 Å². The van der Waals surface area contributed by atoms with E-state index in [2.05, 4.69) is 21.2 Å². The first-order valence-electron chi connectivity index (χ1n) is 12.8. The molecule has 1 aliphatic rings. The second-order valence-electron chi connectivity index (χ2n) is 9.62. The Kier molecular flexibility index (Phi) is 9.69. The van der Waals surface area contributed by atoms with E-state index in [4.69, 9.17) is 11.6 Å². The molecular weight excluding hydrogens is 602 g/mol. The van der Waals surface area contributed by atoms with E-state index >= 15 is 0 Å². The smallest absolute Gasteiger partial charge is 0.264 e. The van der Waals surface area contributed by atoms with E-state index in [1.165, 1.54) is 17.0 Å². The van der Waals surface area contributed by atoms with Gasteiger partial charge in [0.2, 0.25) is 11.8 Å². The van der Waals surface area contributed by atoms with Crippen LogP contribution in [0.3, 0.4) is 0 Å². The number of carbonyl (C=O) groups excluding carboxylic acids is 2. The Balaban J connectivity index is 1.68. The molecule has 2 amide bonds. The second kappa shape index (κ2) is 13.0. The van der Waals surface area contributed by atoms with Gasteiger partial charge in [-0.15, -0.1) is 0 Å². The van der Waals surface area contributed by atoms with Crippen LogP contribution < -0.4 is 9.62 Å². The van der Waals surface area contributed by atoms with Crippen LogP contribution >= 0.6 is 27.5 Å². The Morgan fingerprint density at radius 2 is 1.69 bits per heavy atom. The number of rotatable bonds is 10. The lowest BCUT2D eigenvalue weighted by atomic mass is 10.1. The Labute approximate surface area is 243 Å². The van der Waals surface area contributed by atoms with E-state index in [1.54, 1.807) is 67.6 Å². The zero-order chi connectivity index (χ0) is 28.0. The summed E-state index contributed by atoms with van der Waals surface area (Å²) in [6.45, 7) is 1.27. The molecule has 0 heterocycles. The highest BCUT2D eigenvalue weighted by molar-refractivity contribution is 9.10. The first kappa shape index (κ1) is 29.1. The van der Waals surface area contributed by atoms with Crippen LogP contribution in [0.4, 0.5) is 5.69 Å². The molecule has 4 rings (SSSR count). The van der Waals surface area contributed by atoms with E-state index in [1.807, 2.05) is 6.07 Å². The van der Waals surface area contributed by atoms with Crippen LogP contribution in [0, 0.1) is 0 Å². The maximum absolute atomic E-state index is 14.0. The van der Waals surface area contributed by atoms with Gasteiger partial charge in [0.05, 0.1) is 10.6 Å². The number of nitrogens with one attached hydrogen (secondary N) is 1. The number of anilines is 1. The molecule has 0 radical (unpaired) electrons. The highest BCUT2D eigenvalue weighted by Crippen LogP contribution is 2.27. The molecule has 0 bridgehead atoms. The van der Waals surface area contributed by atoms with Crippen molar-refractivity contribution in [3.05, 3.63) is 93.9 Å². The van der Waals surface area contributed by atoms with Gasteiger partial charge in [-0.3, -0.25) is 13.9 Å².